The maximum Gasteiger partial charge on any atom is 0.313 e. The van der Waals surface area contributed by atoms with Gasteiger partial charge in [0.15, 0.2) is 0 Å². The van der Waals surface area contributed by atoms with Crippen LogP contribution in [0.25, 0.3) is 0 Å². The molecule has 1 aromatic rings. The van der Waals surface area contributed by atoms with Crippen LogP contribution in [0.3, 0.4) is 0 Å². The van der Waals surface area contributed by atoms with Gasteiger partial charge in [-0.1, -0.05) is 18.6 Å². The van der Waals surface area contributed by atoms with Crippen LogP contribution >= 0.6 is 11.8 Å². The zero-order valence-electron chi connectivity index (χ0n) is 11.7. The van der Waals surface area contributed by atoms with Crippen molar-refractivity contribution < 1.29 is 14.7 Å². The SMILES string of the molecule is O=C(O)CSCc1cccc(NC(=O)C2C3CCCC32)c1. The minimum Gasteiger partial charge on any atom is -0.481 e. The van der Waals surface area contributed by atoms with Gasteiger partial charge >= 0.3 is 5.97 Å². The minimum atomic E-state index is -0.801. The van der Waals surface area contributed by atoms with Crippen LogP contribution in [0, 0.1) is 17.8 Å². The number of carboxylic acids is 1. The number of fused-ring (bicyclic) bond motifs is 1. The quantitative estimate of drug-likeness (QED) is 0.848. The van der Waals surface area contributed by atoms with Gasteiger partial charge in [-0.15, -0.1) is 11.8 Å². The number of aliphatic carboxylic acids is 1. The maximum absolute atomic E-state index is 12.2. The molecule has 4 nitrogen and oxygen atoms in total. The third-order valence-electron chi connectivity index (χ3n) is 4.40. The van der Waals surface area contributed by atoms with E-state index in [1.807, 2.05) is 24.3 Å². The van der Waals surface area contributed by atoms with Gasteiger partial charge in [-0.05, 0) is 42.4 Å². The van der Waals surface area contributed by atoms with E-state index in [0.29, 0.717) is 17.6 Å². The van der Waals surface area contributed by atoms with E-state index in [9.17, 15) is 9.59 Å². The zero-order chi connectivity index (χ0) is 14.8. The molecule has 2 aliphatic carbocycles. The summed E-state index contributed by atoms with van der Waals surface area (Å²) in [6.45, 7) is 0. The Kier molecular flexibility index (Phi) is 4.19. The summed E-state index contributed by atoms with van der Waals surface area (Å²) in [6, 6.07) is 7.68. The number of hydrogen-bond donors (Lipinski definition) is 2. The molecule has 5 heteroatoms. The van der Waals surface area contributed by atoms with Crippen LogP contribution in [0.4, 0.5) is 5.69 Å². The minimum absolute atomic E-state index is 0.0992. The lowest BCUT2D eigenvalue weighted by atomic mass is 10.1. The molecule has 0 aliphatic heterocycles. The number of nitrogens with one attached hydrogen (secondary N) is 1. The number of carbonyl (C=O) groups excluding carboxylic acids is 1. The number of carbonyl (C=O) groups is 2. The van der Waals surface area contributed by atoms with E-state index in [0.717, 1.165) is 11.3 Å². The van der Waals surface area contributed by atoms with Gasteiger partial charge in [-0.2, -0.15) is 0 Å². The highest BCUT2D eigenvalue weighted by molar-refractivity contribution is 7.99. The summed E-state index contributed by atoms with van der Waals surface area (Å²) in [5.41, 5.74) is 1.86. The third kappa shape index (κ3) is 3.40. The van der Waals surface area contributed by atoms with Gasteiger partial charge in [0.2, 0.25) is 5.91 Å². The Balaban J connectivity index is 1.53. The fourth-order valence-corrected chi connectivity index (χ4v) is 4.12. The van der Waals surface area contributed by atoms with Crippen LogP contribution in [0.15, 0.2) is 24.3 Å². The summed E-state index contributed by atoms with van der Waals surface area (Å²) in [6.07, 6.45) is 3.68. The summed E-state index contributed by atoms with van der Waals surface area (Å²) in [5.74, 6) is 1.57. The van der Waals surface area contributed by atoms with Crippen LogP contribution in [-0.2, 0) is 15.3 Å². The molecule has 1 aromatic carbocycles. The lowest BCUT2D eigenvalue weighted by Crippen LogP contribution is -2.16. The smallest absolute Gasteiger partial charge is 0.313 e. The molecule has 0 bridgehead atoms. The van der Waals surface area contributed by atoms with Crippen LogP contribution in [-0.4, -0.2) is 22.7 Å². The number of hydrogen-bond acceptors (Lipinski definition) is 3. The molecular weight excluding hydrogens is 286 g/mol. The lowest BCUT2D eigenvalue weighted by molar-refractivity contribution is -0.133. The molecular formula is C16H19NO3S. The number of rotatable bonds is 6. The molecule has 0 saturated heterocycles. The van der Waals surface area contributed by atoms with Crippen molar-refractivity contribution in [2.24, 2.45) is 17.8 Å². The summed E-state index contributed by atoms with van der Waals surface area (Å²) in [5, 5.41) is 11.6. The van der Waals surface area contributed by atoms with Crippen molar-refractivity contribution in [3.05, 3.63) is 29.8 Å². The van der Waals surface area contributed by atoms with Crippen LogP contribution in [0.2, 0.25) is 0 Å². The van der Waals surface area contributed by atoms with Gasteiger partial charge in [-0.25, -0.2) is 0 Å². The van der Waals surface area contributed by atoms with Gasteiger partial charge in [-0.3, -0.25) is 9.59 Å². The molecule has 2 N–H and O–H groups in total. The summed E-state index contributed by atoms with van der Waals surface area (Å²) < 4.78 is 0. The molecule has 112 valence electrons. The normalized spacial score (nSPS) is 26.2. The number of anilines is 1. The average molecular weight is 305 g/mol. The Morgan fingerprint density at radius 2 is 2.05 bits per heavy atom. The lowest BCUT2D eigenvalue weighted by Gasteiger charge is -2.08. The highest BCUT2D eigenvalue weighted by Gasteiger charge is 2.56. The molecule has 3 rings (SSSR count). The molecule has 2 aliphatic rings. The van der Waals surface area contributed by atoms with Crippen molar-refractivity contribution in [3.63, 3.8) is 0 Å². The predicted octanol–water partition coefficient (Wildman–Crippen LogP) is 2.99. The number of carboxylic acid groups (broad SMARTS) is 1. The summed E-state index contributed by atoms with van der Waals surface area (Å²) in [7, 11) is 0. The first-order valence-corrected chi connectivity index (χ1v) is 8.50. The van der Waals surface area contributed by atoms with Gasteiger partial charge in [0.25, 0.3) is 0 Å². The van der Waals surface area contributed by atoms with E-state index >= 15 is 0 Å². The molecule has 2 unspecified atom stereocenters. The van der Waals surface area contributed by atoms with Crippen LogP contribution < -0.4 is 5.32 Å². The Labute approximate surface area is 128 Å². The first-order chi connectivity index (χ1) is 10.1. The third-order valence-corrected chi connectivity index (χ3v) is 5.39. The Morgan fingerprint density at radius 3 is 2.76 bits per heavy atom. The first kappa shape index (κ1) is 14.4. The molecule has 0 heterocycles. The van der Waals surface area contributed by atoms with Crippen LogP contribution in [0.5, 0.6) is 0 Å². The summed E-state index contributed by atoms with van der Waals surface area (Å²) in [4.78, 5) is 22.7. The van der Waals surface area contributed by atoms with E-state index in [1.54, 1.807) is 0 Å². The van der Waals surface area contributed by atoms with Crippen molar-refractivity contribution >= 4 is 29.3 Å². The molecule has 0 aromatic heterocycles. The molecule has 2 atom stereocenters. The predicted molar refractivity (Wildman–Crippen MR) is 83.2 cm³/mol. The maximum atomic E-state index is 12.2. The van der Waals surface area contributed by atoms with Gasteiger partial charge in [0, 0.05) is 17.4 Å². The molecule has 0 spiro atoms. The molecule has 0 radical (unpaired) electrons. The van der Waals surface area contributed by atoms with E-state index in [1.165, 1.54) is 31.0 Å². The van der Waals surface area contributed by atoms with E-state index in [4.69, 9.17) is 5.11 Å². The molecule has 21 heavy (non-hydrogen) atoms. The summed E-state index contributed by atoms with van der Waals surface area (Å²) >= 11 is 1.36. The van der Waals surface area contributed by atoms with Crippen molar-refractivity contribution in [2.75, 3.05) is 11.1 Å². The number of benzene rings is 1. The van der Waals surface area contributed by atoms with E-state index in [-0.39, 0.29) is 17.6 Å². The second-order valence-electron chi connectivity index (χ2n) is 5.86. The largest absolute Gasteiger partial charge is 0.481 e. The number of amides is 1. The van der Waals surface area contributed by atoms with E-state index < -0.39 is 5.97 Å². The highest BCUT2D eigenvalue weighted by Crippen LogP contribution is 2.57. The van der Waals surface area contributed by atoms with E-state index in [2.05, 4.69) is 5.32 Å². The zero-order valence-corrected chi connectivity index (χ0v) is 12.6. The second-order valence-corrected chi connectivity index (χ2v) is 6.85. The topological polar surface area (TPSA) is 66.4 Å². The Hall–Kier alpha value is -1.49. The standard InChI is InChI=1S/C16H19NO3S/c18-14(19)9-21-8-10-3-1-4-11(7-10)17-16(20)15-12-5-2-6-13(12)15/h1,3-4,7,12-13,15H,2,5-6,8-9H2,(H,17,20)(H,18,19). The van der Waals surface area contributed by atoms with Gasteiger partial charge in [0.05, 0.1) is 5.75 Å². The fourth-order valence-electron chi connectivity index (χ4n) is 3.43. The van der Waals surface area contributed by atoms with Crippen LogP contribution in [0.1, 0.15) is 24.8 Å². The molecule has 2 fully saturated rings. The van der Waals surface area contributed by atoms with Crippen molar-refractivity contribution in [2.45, 2.75) is 25.0 Å². The number of thioether (sulfide) groups is 1. The molecule has 2 saturated carbocycles. The fraction of sp³-hybridized carbons (Fsp3) is 0.500. The van der Waals surface area contributed by atoms with Crippen molar-refractivity contribution in [3.8, 4) is 0 Å². The van der Waals surface area contributed by atoms with Gasteiger partial charge in [0.1, 0.15) is 0 Å². The monoisotopic (exact) mass is 305 g/mol. The van der Waals surface area contributed by atoms with Gasteiger partial charge < -0.3 is 10.4 Å². The first-order valence-electron chi connectivity index (χ1n) is 7.34. The Morgan fingerprint density at radius 1 is 1.29 bits per heavy atom. The Bertz CT molecular complexity index is 550. The average Bonchev–Trinajstić information content (AvgIpc) is 2.93. The van der Waals surface area contributed by atoms with Crippen molar-refractivity contribution in [1.82, 2.24) is 0 Å². The second kappa shape index (κ2) is 6.10. The molecule has 1 amide bonds. The highest BCUT2D eigenvalue weighted by atomic mass is 32.2. The van der Waals surface area contributed by atoms with Crippen molar-refractivity contribution in [1.29, 1.82) is 0 Å².